The van der Waals surface area contributed by atoms with Gasteiger partial charge in [-0.05, 0) is 31.2 Å². The van der Waals surface area contributed by atoms with E-state index in [0.29, 0.717) is 22.7 Å². The lowest BCUT2D eigenvalue weighted by atomic mass is 9.96. The first-order chi connectivity index (χ1) is 14.3. The third-order valence-electron chi connectivity index (χ3n) is 4.49. The van der Waals surface area contributed by atoms with Crippen LogP contribution in [0, 0.1) is 5.82 Å². The molecule has 1 atom stereocenters. The molecule has 0 bridgehead atoms. The molecule has 1 unspecified atom stereocenters. The van der Waals surface area contributed by atoms with Crippen molar-refractivity contribution in [1.82, 2.24) is 24.9 Å². The van der Waals surface area contributed by atoms with E-state index in [0.717, 1.165) is 11.3 Å². The van der Waals surface area contributed by atoms with Crippen molar-refractivity contribution >= 4 is 11.8 Å². The van der Waals surface area contributed by atoms with Gasteiger partial charge in [0.25, 0.3) is 0 Å². The molecule has 0 aliphatic rings. The van der Waals surface area contributed by atoms with Crippen molar-refractivity contribution in [2.75, 3.05) is 0 Å². The van der Waals surface area contributed by atoms with Crippen LogP contribution in [0.5, 0.6) is 0 Å². The molecule has 2 aromatic heterocycles. The lowest BCUT2D eigenvalue weighted by Gasteiger charge is -2.12. The summed E-state index contributed by atoms with van der Waals surface area (Å²) < 4.78 is 20.9. The molecule has 0 spiro atoms. The Kier molecular flexibility index (Phi) is 5.42. The van der Waals surface area contributed by atoms with Gasteiger partial charge in [-0.15, -0.1) is 10.2 Å². The molecular weight excluding hydrogens is 401 g/mol. The third kappa shape index (κ3) is 4.14. The Balaban J connectivity index is 1.72. The first-order valence-corrected chi connectivity index (χ1v) is 10.5. The number of hydrogen-bond donors (Lipinski definition) is 0. The maximum Gasteiger partial charge on any atom is 0.239 e. The van der Waals surface area contributed by atoms with E-state index in [2.05, 4.69) is 20.3 Å². The summed E-state index contributed by atoms with van der Waals surface area (Å²) >= 11 is 1.46. The zero-order chi connectivity index (χ0) is 21.3. The van der Waals surface area contributed by atoms with Crippen LogP contribution in [0.25, 0.3) is 17.1 Å². The van der Waals surface area contributed by atoms with Gasteiger partial charge in [-0.3, -0.25) is 4.57 Å². The summed E-state index contributed by atoms with van der Waals surface area (Å²) in [5.74, 6) is 1.57. The number of halogens is 1. The van der Waals surface area contributed by atoms with E-state index >= 15 is 0 Å². The number of nitrogens with zero attached hydrogens (tertiary/aromatic N) is 5. The molecule has 0 saturated heterocycles. The molecule has 4 aromatic rings. The molecule has 0 fully saturated rings. The van der Waals surface area contributed by atoms with Crippen molar-refractivity contribution in [3.63, 3.8) is 0 Å². The quantitative estimate of drug-likeness (QED) is 0.389. The minimum atomic E-state index is -0.295. The maximum absolute atomic E-state index is 13.5. The van der Waals surface area contributed by atoms with Crippen LogP contribution in [-0.2, 0) is 5.41 Å². The smallest absolute Gasteiger partial charge is 0.239 e. The molecule has 4 rings (SSSR count). The van der Waals surface area contributed by atoms with Gasteiger partial charge in [-0.25, -0.2) is 4.39 Å². The summed E-state index contributed by atoms with van der Waals surface area (Å²) in [4.78, 5) is 4.55. The molecule has 0 aliphatic heterocycles. The number of rotatable bonds is 5. The molecule has 2 heterocycles. The van der Waals surface area contributed by atoms with E-state index in [-0.39, 0.29) is 16.5 Å². The minimum Gasteiger partial charge on any atom is -0.338 e. The Bertz CT molecular complexity index is 1130. The fourth-order valence-corrected chi connectivity index (χ4v) is 3.75. The molecule has 6 nitrogen and oxygen atoms in total. The van der Waals surface area contributed by atoms with Gasteiger partial charge in [-0.2, -0.15) is 4.98 Å². The maximum atomic E-state index is 13.5. The topological polar surface area (TPSA) is 69.6 Å². The van der Waals surface area contributed by atoms with Crippen LogP contribution in [-0.4, -0.2) is 24.9 Å². The van der Waals surface area contributed by atoms with Gasteiger partial charge in [0.1, 0.15) is 5.82 Å². The molecule has 8 heteroatoms. The molecule has 30 heavy (non-hydrogen) atoms. The second-order valence-corrected chi connectivity index (χ2v) is 9.26. The fourth-order valence-electron chi connectivity index (χ4n) is 2.86. The van der Waals surface area contributed by atoms with Gasteiger partial charge in [0, 0.05) is 16.7 Å². The highest BCUT2D eigenvalue weighted by atomic mass is 32.2. The monoisotopic (exact) mass is 423 g/mol. The van der Waals surface area contributed by atoms with Crippen molar-refractivity contribution in [2.45, 2.75) is 43.5 Å². The van der Waals surface area contributed by atoms with E-state index < -0.39 is 0 Å². The molecule has 2 aromatic carbocycles. The third-order valence-corrected chi connectivity index (χ3v) is 5.52. The minimum absolute atomic E-state index is 0.138. The van der Waals surface area contributed by atoms with Crippen molar-refractivity contribution in [3.05, 3.63) is 72.1 Å². The predicted molar refractivity (Wildman–Crippen MR) is 114 cm³/mol. The van der Waals surface area contributed by atoms with Gasteiger partial charge in [0.15, 0.2) is 16.8 Å². The van der Waals surface area contributed by atoms with Gasteiger partial charge >= 0.3 is 0 Å². The van der Waals surface area contributed by atoms with E-state index in [9.17, 15) is 4.39 Å². The first kappa shape index (κ1) is 20.3. The molecule has 0 amide bonds. The summed E-state index contributed by atoms with van der Waals surface area (Å²) in [5, 5.41) is 13.4. The largest absolute Gasteiger partial charge is 0.338 e. The molecule has 0 radical (unpaired) electrons. The van der Waals surface area contributed by atoms with Gasteiger partial charge in [0.05, 0.1) is 5.25 Å². The summed E-state index contributed by atoms with van der Waals surface area (Å²) in [6.45, 7) is 8.10. The molecule has 0 saturated carbocycles. The van der Waals surface area contributed by atoms with Crippen LogP contribution in [0.3, 0.4) is 0 Å². The summed E-state index contributed by atoms with van der Waals surface area (Å²) in [7, 11) is 0. The van der Waals surface area contributed by atoms with Crippen molar-refractivity contribution in [3.8, 4) is 17.1 Å². The van der Waals surface area contributed by atoms with Crippen LogP contribution in [0.2, 0.25) is 0 Å². The fraction of sp³-hybridized carbons (Fsp3) is 0.273. The number of benzene rings is 2. The highest BCUT2D eigenvalue weighted by Crippen LogP contribution is 2.37. The summed E-state index contributed by atoms with van der Waals surface area (Å²) in [6.07, 6.45) is 0. The van der Waals surface area contributed by atoms with Crippen molar-refractivity contribution in [1.29, 1.82) is 0 Å². The second kappa shape index (κ2) is 8.02. The molecule has 0 N–H and O–H groups in total. The van der Waals surface area contributed by atoms with Gasteiger partial charge in [0.2, 0.25) is 5.89 Å². The van der Waals surface area contributed by atoms with E-state index in [1.807, 2.05) is 62.6 Å². The second-order valence-electron chi connectivity index (χ2n) is 7.95. The van der Waals surface area contributed by atoms with Crippen LogP contribution in [0.1, 0.15) is 44.7 Å². The van der Waals surface area contributed by atoms with Gasteiger partial charge < -0.3 is 4.52 Å². The zero-order valence-electron chi connectivity index (χ0n) is 17.2. The Labute approximate surface area is 178 Å². The zero-order valence-corrected chi connectivity index (χ0v) is 18.0. The van der Waals surface area contributed by atoms with E-state index in [4.69, 9.17) is 4.52 Å². The lowest BCUT2D eigenvalue weighted by molar-refractivity contribution is 0.364. The molecular formula is C22H22FN5OS. The average Bonchev–Trinajstić information content (AvgIpc) is 3.37. The SMILES string of the molecule is CC(Sc1nnc(-c2ccccc2)n1-c1ccc(F)cc1)c1nc(C(C)(C)C)no1. The predicted octanol–water partition coefficient (Wildman–Crippen LogP) is 5.61. The van der Waals surface area contributed by atoms with Crippen molar-refractivity contribution < 1.29 is 8.91 Å². The number of aromatic nitrogens is 5. The van der Waals surface area contributed by atoms with Gasteiger partial charge in [-0.1, -0.05) is 68.0 Å². The van der Waals surface area contributed by atoms with Crippen molar-refractivity contribution in [2.24, 2.45) is 0 Å². The normalized spacial score (nSPS) is 12.8. The Morgan fingerprint density at radius 3 is 2.33 bits per heavy atom. The first-order valence-electron chi connectivity index (χ1n) is 9.60. The van der Waals surface area contributed by atoms with Crippen LogP contribution in [0.4, 0.5) is 4.39 Å². The number of thioether (sulfide) groups is 1. The standard InChI is InChI=1S/C22H22FN5OS/c1-14(19-24-20(27-29-19)22(2,3)4)30-21-26-25-18(15-8-6-5-7-9-15)28(21)17-12-10-16(23)11-13-17/h5-14H,1-4H3. The molecule has 0 aliphatic carbocycles. The molecule has 154 valence electrons. The van der Waals surface area contributed by atoms with Crippen LogP contribution < -0.4 is 0 Å². The van der Waals surface area contributed by atoms with E-state index in [1.54, 1.807) is 12.1 Å². The lowest BCUT2D eigenvalue weighted by Crippen LogP contribution is -2.13. The average molecular weight is 424 g/mol. The summed E-state index contributed by atoms with van der Waals surface area (Å²) in [5.41, 5.74) is 1.50. The Morgan fingerprint density at radius 2 is 1.70 bits per heavy atom. The highest BCUT2D eigenvalue weighted by Gasteiger charge is 2.25. The van der Waals surface area contributed by atoms with Crippen LogP contribution >= 0.6 is 11.8 Å². The van der Waals surface area contributed by atoms with E-state index in [1.165, 1.54) is 23.9 Å². The highest BCUT2D eigenvalue weighted by molar-refractivity contribution is 7.99. The summed E-state index contributed by atoms with van der Waals surface area (Å²) in [6, 6.07) is 16.1. The Hall–Kier alpha value is -3.00. The Morgan fingerprint density at radius 1 is 1.00 bits per heavy atom. The number of hydrogen-bond acceptors (Lipinski definition) is 6. The van der Waals surface area contributed by atoms with Crippen LogP contribution in [0.15, 0.2) is 64.3 Å².